The fourth-order valence-corrected chi connectivity index (χ4v) is 2.51. The summed E-state index contributed by atoms with van der Waals surface area (Å²) in [6, 6.07) is 10.7. The SMILES string of the molecule is O=C(NCc1cccnc1)c1cc2cc(Br)ccc2[nH]c1=O. The first-order valence-electron chi connectivity index (χ1n) is 6.63. The zero-order valence-electron chi connectivity index (χ0n) is 11.5. The molecule has 2 heterocycles. The molecule has 2 aromatic heterocycles. The summed E-state index contributed by atoms with van der Waals surface area (Å²) < 4.78 is 0.883. The number of fused-ring (bicyclic) bond motifs is 1. The maximum Gasteiger partial charge on any atom is 0.261 e. The molecule has 0 spiro atoms. The van der Waals surface area contributed by atoms with Crippen molar-refractivity contribution >= 4 is 32.7 Å². The first-order chi connectivity index (χ1) is 10.6. The van der Waals surface area contributed by atoms with E-state index < -0.39 is 11.5 Å². The van der Waals surface area contributed by atoms with Crippen LogP contribution in [0.5, 0.6) is 0 Å². The summed E-state index contributed by atoms with van der Waals surface area (Å²) in [7, 11) is 0. The third-order valence-corrected chi connectivity index (χ3v) is 3.72. The van der Waals surface area contributed by atoms with E-state index in [4.69, 9.17) is 0 Å². The molecule has 0 bridgehead atoms. The van der Waals surface area contributed by atoms with E-state index in [-0.39, 0.29) is 5.56 Å². The molecule has 0 atom stereocenters. The quantitative estimate of drug-likeness (QED) is 0.756. The number of H-pyrrole nitrogens is 1. The summed E-state index contributed by atoms with van der Waals surface area (Å²) in [5.74, 6) is -0.410. The summed E-state index contributed by atoms with van der Waals surface area (Å²) in [4.78, 5) is 30.9. The van der Waals surface area contributed by atoms with Crippen LogP contribution in [-0.4, -0.2) is 15.9 Å². The van der Waals surface area contributed by atoms with Crippen LogP contribution in [0, 0.1) is 0 Å². The second kappa shape index (κ2) is 6.11. The minimum atomic E-state index is -0.410. The van der Waals surface area contributed by atoms with Crippen LogP contribution in [0.25, 0.3) is 10.9 Å². The number of aromatic nitrogens is 2. The van der Waals surface area contributed by atoms with Crippen molar-refractivity contribution in [3.8, 4) is 0 Å². The molecule has 3 rings (SSSR count). The number of pyridine rings is 2. The maximum absolute atomic E-state index is 12.2. The fraction of sp³-hybridized carbons (Fsp3) is 0.0625. The zero-order valence-corrected chi connectivity index (χ0v) is 13.1. The van der Waals surface area contributed by atoms with Crippen molar-refractivity contribution in [2.24, 2.45) is 0 Å². The summed E-state index contributed by atoms with van der Waals surface area (Å²) in [5, 5.41) is 3.52. The Hall–Kier alpha value is -2.47. The van der Waals surface area contributed by atoms with Gasteiger partial charge in [-0.1, -0.05) is 22.0 Å². The highest BCUT2D eigenvalue weighted by molar-refractivity contribution is 9.10. The van der Waals surface area contributed by atoms with Crippen molar-refractivity contribution in [3.05, 3.63) is 74.7 Å². The Morgan fingerprint density at radius 3 is 2.91 bits per heavy atom. The van der Waals surface area contributed by atoms with E-state index in [2.05, 4.69) is 31.2 Å². The number of amides is 1. The molecule has 22 heavy (non-hydrogen) atoms. The molecular formula is C16H12BrN3O2. The number of rotatable bonds is 3. The molecule has 0 fully saturated rings. The van der Waals surface area contributed by atoms with Gasteiger partial charge in [0.05, 0.1) is 0 Å². The van der Waals surface area contributed by atoms with Gasteiger partial charge in [0.15, 0.2) is 0 Å². The molecule has 5 nitrogen and oxygen atoms in total. The molecule has 0 radical (unpaired) electrons. The zero-order chi connectivity index (χ0) is 15.5. The number of hydrogen-bond donors (Lipinski definition) is 2. The highest BCUT2D eigenvalue weighted by Gasteiger charge is 2.11. The van der Waals surface area contributed by atoms with Gasteiger partial charge < -0.3 is 10.3 Å². The second-order valence-corrected chi connectivity index (χ2v) is 5.70. The molecular weight excluding hydrogens is 346 g/mol. The van der Waals surface area contributed by atoms with Crippen LogP contribution in [-0.2, 0) is 6.54 Å². The Morgan fingerprint density at radius 2 is 2.14 bits per heavy atom. The molecule has 0 saturated carbocycles. The lowest BCUT2D eigenvalue weighted by Crippen LogP contribution is -2.29. The van der Waals surface area contributed by atoms with E-state index in [9.17, 15) is 9.59 Å². The molecule has 1 amide bonds. The topological polar surface area (TPSA) is 74.8 Å². The van der Waals surface area contributed by atoms with E-state index in [1.165, 1.54) is 0 Å². The lowest BCUT2D eigenvalue weighted by molar-refractivity contribution is 0.0949. The predicted octanol–water partition coefficient (Wildman–Crippen LogP) is 2.62. The molecule has 1 aromatic carbocycles. The van der Waals surface area contributed by atoms with E-state index in [1.807, 2.05) is 18.2 Å². The normalized spacial score (nSPS) is 10.6. The largest absolute Gasteiger partial charge is 0.348 e. The number of nitrogens with one attached hydrogen (secondary N) is 2. The highest BCUT2D eigenvalue weighted by atomic mass is 79.9. The van der Waals surface area contributed by atoms with Gasteiger partial charge in [0.25, 0.3) is 11.5 Å². The molecule has 2 N–H and O–H groups in total. The van der Waals surface area contributed by atoms with Crippen LogP contribution in [0.3, 0.4) is 0 Å². The van der Waals surface area contributed by atoms with Gasteiger partial charge in [-0.05, 0) is 35.9 Å². The first kappa shape index (κ1) is 14.5. The molecule has 0 aliphatic heterocycles. The third kappa shape index (κ3) is 3.07. The third-order valence-electron chi connectivity index (χ3n) is 3.23. The summed E-state index contributed by atoms with van der Waals surface area (Å²) >= 11 is 3.37. The van der Waals surface area contributed by atoms with E-state index in [1.54, 1.807) is 30.6 Å². The minimum Gasteiger partial charge on any atom is -0.348 e. The van der Waals surface area contributed by atoms with Gasteiger partial charge in [-0.2, -0.15) is 0 Å². The first-order valence-corrected chi connectivity index (χ1v) is 7.42. The van der Waals surface area contributed by atoms with Gasteiger partial charge in [0.2, 0.25) is 0 Å². The summed E-state index contributed by atoms with van der Waals surface area (Å²) in [5.41, 5.74) is 1.25. The Kier molecular flexibility index (Phi) is 4.02. The molecule has 0 saturated heterocycles. The highest BCUT2D eigenvalue weighted by Crippen LogP contribution is 2.17. The lowest BCUT2D eigenvalue weighted by atomic mass is 10.1. The average molecular weight is 358 g/mol. The van der Waals surface area contributed by atoms with Crippen molar-refractivity contribution in [2.45, 2.75) is 6.54 Å². The molecule has 110 valence electrons. The Balaban J connectivity index is 1.87. The number of aromatic amines is 1. The van der Waals surface area contributed by atoms with Crippen LogP contribution in [0.15, 0.2) is 58.1 Å². The second-order valence-electron chi connectivity index (χ2n) is 4.79. The van der Waals surface area contributed by atoms with Crippen molar-refractivity contribution in [2.75, 3.05) is 0 Å². The standard InChI is InChI=1S/C16H12BrN3O2/c17-12-3-4-14-11(6-12)7-13(16(22)20-14)15(21)19-9-10-2-1-5-18-8-10/h1-8H,9H2,(H,19,21)(H,20,22). The van der Waals surface area contributed by atoms with Gasteiger partial charge >= 0.3 is 0 Å². The van der Waals surface area contributed by atoms with Gasteiger partial charge in [0, 0.05) is 34.3 Å². The smallest absolute Gasteiger partial charge is 0.261 e. The summed E-state index contributed by atoms with van der Waals surface area (Å²) in [6.45, 7) is 0.322. The fourth-order valence-electron chi connectivity index (χ4n) is 2.13. The van der Waals surface area contributed by atoms with Gasteiger partial charge in [0.1, 0.15) is 5.56 Å². The minimum absolute atomic E-state index is 0.0921. The number of halogens is 1. The van der Waals surface area contributed by atoms with Crippen molar-refractivity contribution < 1.29 is 4.79 Å². The van der Waals surface area contributed by atoms with Gasteiger partial charge in [-0.3, -0.25) is 14.6 Å². The Morgan fingerprint density at radius 1 is 1.27 bits per heavy atom. The number of nitrogens with zero attached hydrogens (tertiary/aromatic N) is 1. The van der Waals surface area contributed by atoms with Crippen molar-refractivity contribution in [3.63, 3.8) is 0 Å². The average Bonchev–Trinajstić information content (AvgIpc) is 2.53. The van der Waals surface area contributed by atoms with Crippen LogP contribution in [0.1, 0.15) is 15.9 Å². The van der Waals surface area contributed by atoms with Crippen LogP contribution in [0.4, 0.5) is 0 Å². The number of benzene rings is 1. The Bertz CT molecular complexity index is 891. The molecule has 0 aliphatic rings. The maximum atomic E-state index is 12.2. The Labute approximate surface area is 134 Å². The lowest BCUT2D eigenvalue weighted by Gasteiger charge is -2.06. The predicted molar refractivity (Wildman–Crippen MR) is 87.7 cm³/mol. The van der Waals surface area contributed by atoms with E-state index in [0.717, 1.165) is 15.4 Å². The number of hydrogen-bond acceptors (Lipinski definition) is 3. The van der Waals surface area contributed by atoms with Crippen molar-refractivity contribution in [1.29, 1.82) is 0 Å². The van der Waals surface area contributed by atoms with Crippen LogP contribution >= 0.6 is 15.9 Å². The molecule has 3 aromatic rings. The van der Waals surface area contributed by atoms with Crippen LogP contribution < -0.4 is 10.9 Å². The van der Waals surface area contributed by atoms with E-state index in [0.29, 0.717) is 12.1 Å². The monoisotopic (exact) mass is 357 g/mol. The number of carbonyl (C=O) groups excluding carboxylic acids is 1. The molecule has 6 heteroatoms. The van der Waals surface area contributed by atoms with Gasteiger partial charge in [-0.25, -0.2) is 0 Å². The van der Waals surface area contributed by atoms with Crippen LogP contribution in [0.2, 0.25) is 0 Å². The molecule has 0 aliphatic carbocycles. The molecule has 0 unspecified atom stereocenters. The summed E-state index contributed by atoms with van der Waals surface area (Å²) in [6.07, 6.45) is 3.33. The number of carbonyl (C=O) groups is 1. The van der Waals surface area contributed by atoms with E-state index >= 15 is 0 Å². The van der Waals surface area contributed by atoms with Crippen molar-refractivity contribution in [1.82, 2.24) is 15.3 Å². The van der Waals surface area contributed by atoms with Gasteiger partial charge in [-0.15, -0.1) is 0 Å².